The molecule has 6 heteroatoms. The molecule has 0 bridgehead atoms. The molecule has 75 heavy (non-hydrogen) atoms. The second-order valence-corrected chi connectivity index (χ2v) is 23.1. The minimum Gasteiger partial charge on any atom is -0.466 e. The summed E-state index contributed by atoms with van der Waals surface area (Å²) >= 11 is 0. The molecule has 0 saturated heterocycles. The smallest absolute Gasteiger partial charge is 0.305 e. The number of carbonyl (C=O) groups excluding carboxylic acids is 2. The van der Waals surface area contributed by atoms with Gasteiger partial charge in [0.2, 0.25) is 5.91 Å². The maximum absolute atomic E-state index is 12.5. The lowest BCUT2D eigenvalue weighted by Gasteiger charge is -2.20. The van der Waals surface area contributed by atoms with Crippen LogP contribution in [0.15, 0.2) is 36.5 Å². The predicted octanol–water partition coefficient (Wildman–Crippen LogP) is 21.5. The van der Waals surface area contributed by atoms with E-state index < -0.39 is 12.1 Å². The van der Waals surface area contributed by atoms with Gasteiger partial charge in [-0.1, -0.05) is 307 Å². The number of esters is 1. The van der Waals surface area contributed by atoms with E-state index in [1.165, 1.54) is 295 Å². The minimum absolute atomic E-state index is 0.00904. The lowest BCUT2D eigenvalue weighted by atomic mass is 10.0. The number of nitrogens with one attached hydrogen (secondary N) is 1. The van der Waals surface area contributed by atoms with E-state index in [-0.39, 0.29) is 18.5 Å². The molecule has 2 atom stereocenters. The van der Waals surface area contributed by atoms with Crippen LogP contribution in [-0.4, -0.2) is 47.4 Å². The number of hydrogen-bond acceptors (Lipinski definition) is 5. The van der Waals surface area contributed by atoms with Gasteiger partial charge in [-0.05, 0) is 83.5 Å². The van der Waals surface area contributed by atoms with Gasteiger partial charge in [-0.3, -0.25) is 9.59 Å². The third-order valence-corrected chi connectivity index (χ3v) is 15.6. The Morgan fingerprint density at radius 3 is 0.947 bits per heavy atom. The summed E-state index contributed by atoms with van der Waals surface area (Å²) in [4.78, 5) is 24.6. The van der Waals surface area contributed by atoms with Gasteiger partial charge in [-0.25, -0.2) is 0 Å². The van der Waals surface area contributed by atoms with E-state index in [0.717, 1.165) is 44.9 Å². The van der Waals surface area contributed by atoms with Gasteiger partial charge < -0.3 is 20.3 Å². The van der Waals surface area contributed by atoms with Crippen molar-refractivity contribution in [3.63, 3.8) is 0 Å². The van der Waals surface area contributed by atoms with E-state index in [4.69, 9.17) is 4.74 Å². The molecule has 0 saturated carbocycles. The maximum atomic E-state index is 12.5. The Kier molecular flexibility index (Phi) is 63.0. The van der Waals surface area contributed by atoms with E-state index in [2.05, 4.69) is 43.5 Å². The average Bonchev–Trinajstić information content (AvgIpc) is 3.41. The van der Waals surface area contributed by atoms with Crippen LogP contribution in [0.4, 0.5) is 0 Å². The number of amides is 1. The highest BCUT2D eigenvalue weighted by Crippen LogP contribution is 2.18. The third kappa shape index (κ3) is 61.2. The summed E-state index contributed by atoms with van der Waals surface area (Å²) in [6.45, 7) is 4.92. The van der Waals surface area contributed by atoms with Crippen molar-refractivity contribution in [2.75, 3.05) is 13.2 Å². The topological polar surface area (TPSA) is 95.9 Å². The van der Waals surface area contributed by atoms with E-state index in [9.17, 15) is 19.8 Å². The zero-order valence-electron chi connectivity index (χ0n) is 50.5. The first-order chi connectivity index (χ1) is 37.0. The molecule has 0 radical (unpaired) electrons. The molecule has 0 rings (SSSR count). The first-order valence-corrected chi connectivity index (χ1v) is 33.8. The fraction of sp³-hybridized carbons (Fsp3) is 0.884. The van der Waals surface area contributed by atoms with Crippen LogP contribution in [0.1, 0.15) is 367 Å². The first kappa shape index (κ1) is 73.1. The highest BCUT2D eigenvalue weighted by molar-refractivity contribution is 5.76. The molecule has 442 valence electrons. The summed E-state index contributed by atoms with van der Waals surface area (Å²) in [5.74, 6) is -0.0613. The van der Waals surface area contributed by atoms with Gasteiger partial charge in [0, 0.05) is 12.8 Å². The fourth-order valence-corrected chi connectivity index (χ4v) is 10.4. The van der Waals surface area contributed by atoms with Gasteiger partial charge in [0.15, 0.2) is 0 Å². The largest absolute Gasteiger partial charge is 0.466 e. The molecule has 0 fully saturated rings. The van der Waals surface area contributed by atoms with E-state index in [1.54, 1.807) is 6.08 Å². The molecule has 0 aromatic carbocycles. The molecule has 2 unspecified atom stereocenters. The Balaban J connectivity index is 3.42. The zero-order chi connectivity index (χ0) is 54.3. The number of rotatable bonds is 63. The molecule has 0 aliphatic heterocycles. The number of ether oxygens (including phenoxy) is 1. The molecule has 0 spiro atoms. The van der Waals surface area contributed by atoms with Crippen LogP contribution in [0.2, 0.25) is 0 Å². The number of aliphatic hydroxyl groups is 2. The molecule has 0 aromatic heterocycles. The first-order valence-electron chi connectivity index (χ1n) is 33.8. The monoisotopic (exact) mass is 1050 g/mol. The fourth-order valence-electron chi connectivity index (χ4n) is 10.4. The Hall–Kier alpha value is -1.92. The molecule has 0 aliphatic carbocycles. The van der Waals surface area contributed by atoms with Crippen LogP contribution in [0, 0.1) is 0 Å². The summed E-state index contributed by atoms with van der Waals surface area (Å²) in [5, 5.41) is 23.2. The van der Waals surface area contributed by atoms with Crippen molar-refractivity contribution in [2.45, 2.75) is 379 Å². The zero-order valence-corrected chi connectivity index (χ0v) is 50.5. The lowest BCUT2D eigenvalue weighted by Crippen LogP contribution is -2.45. The van der Waals surface area contributed by atoms with Crippen molar-refractivity contribution < 1.29 is 24.5 Å². The quantitative estimate of drug-likeness (QED) is 0.0320. The molecular weight excluding hydrogens is 923 g/mol. The van der Waals surface area contributed by atoms with Crippen LogP contribution >= 0.6 is 0 Å². The van der Waals surface area contributed by atoms with Crippen molar-refractivity contribution in [1.82, 2.24) is 5.32 Å². The van der Waals surface area contributed by atoms with Gasteiger partial charge >= 0.3 is 5.97 Å². The molecule has 6 nitrogen and oxygen atoms in total. The van der Waals surface area contributed by atoms with Crippen LogP contribution in [0.25, 0.3) is 0 Å². The summed E-state index contributed by atoms with van der Waals surface area (Å²) < 4.78 is 5.50. The van der Waals surface area contributed by atoms with Gasteiger partial charge in [0.05, 0.1) is 25.4 Å². The highest BCUT2D eigenvalue weighted by atomic mass is 16.5. The van der Waals surface area contributed by atoms with Crippen LogP contribution in [0.5, 0.6) is 0 Å². The van der Waals surface area contributed by atoms with Gasteiger partial charge in [0.25, 0.3) is 0 Å². The Morgan fingerprint density at radius 1 is 0.360 bits per heavy atom. The second kappa shape index (κ2) is 64.6. The van der Waals surface area contributed by atoms with Crippen molar-refractivity contribution in [1.29, 1.82) is 0 Å². The standard InChI is InChI=1S/C69H131NO5/c1-3-5-7-9-11-13-15-17-19-29-33-37-41-45-49-53-57-61-67(72)66(65-71)70-68(73)62-58-54-50-46-42-38-34-31-27-25-23-21-22-24-26-28-32-36-40-44-48-52-56-60-64-75-69(74)63-59-55-51-47-43-39-35-30-20-18-16-14-12-10-8-6-4-2/h18,20,23,25,57,61,66-67,71-72H,3-17,19,21-22,24,26-56,58-60,62-65H2,1-2H3,(H,70,73)/b20-18-,25-23-,61-57+. The molecule has 0 aliphatic rings. The summed E-state index contributed by atoms with van der Waals surface area (Å²) in [5.41, 5.74) is 0. The number of hydrogen-bond donors (Lipinski definition) is 3. The SMILES string of the molecule is CCCCCCCC/C=C\CCCCCCCCCC(=O)OCCCCCCCCCCCCCC/C=C\CCCCCCCCCCC(=O)NC(CO)C(O)/C=C/CCCCCCCCCCCCCCCCC. The van der Waals surface area contributed by atoms with Gasteiger partial charge in [0.1, 0.15) is 0 Å². The summed E-state index contributed by atoms with van der Waals surface area (Å²) in [6.07, 6.45) is 82.0. The Bertz CT molecular complexity index is 1210. The maximum Gasteiger partial charge on any atom is 0.305 e. The van der Waals surface area contributed by atoms with Crippen molar-refractivity contribution in [3.05, 3.63) is 36.5 Å². The van der Waals surface area contributed by atoms with Crippen molar-refractivity contribution in [2.24, 2.45) is 0 Å². The third-order valence-electron chi connectivity index (χ3n) is 15.6. The Morgan fingerprint density at radius 2 is 0.627 bits per heavy atom. The van der Waals surface area contributed by atoms with Gasteiger partial charge in [-0.2, -0.15) is 0 Å². The number of allylic oxidation sites excluding steroid dienone is 5. The number of unbranched alkanes of at least 4 members (excludes halogenated alkanes) is 48. The molecular formula is C69H131NO5. The summed E-state index contributed by atoms with van der Waals surface area (Å²) in [7, 11) is 0. The predicted molar refractivity (Wildman–Crippen MR) is 329 cm³/mol. The van der Waals surface area contributed by atoms with Crippen molar-refractivity contribution in [3.8, 4) is 0 Å². The average molecular weight is 1050 g/mol. The number of aliphatic hydroxyl groups excluding tert-OH is 2. The van der Waals surface area contributed by atoms with Gasteiger partial charge in [-0.15, -0.1) is 0 Å². The molecule has 1 amide bonds. The van der Waals surface area contributed by atoms with Crippen LogP contribution in [-0.2, 0) is 14.3 Å². The minimum atomic E-state index is -0.848. The molecule has 0 aromatic rings. The van der Waals surface area contributed by atoms with E-state index in [0.29, 0.717) is 19.4 Å². The second-order valence-electron chi connectivity index (χ2n) is 23.1. The number of carbonyl (C=O) groups is 2. The van der Waals surface area contributed by atoms with Crippen LogP contribution < -0.4 is 5.32 Å². The molecule has 0 heterocycles. The highest BCUT2D eigenvalue weighted by Gasteiger charge is 2.18. The van der Waals surface area contributed by atoms with E-state index in [1.807, 2.05) is 6.08 Å². The van der Waals surface area contributed by atoms with Crippen molar-refractivity contribution >= 4 is 11.9 Å². The molecule has 3 N–H and O–H groups in total. The van der Waals surface area contributed by atoms with Crippen LogP contribution in [0.3, 0.4) is 0 Å². The van der Waals surface area contributed by atoms with E-state index >= 15 is 0 Å². The Labute approximate surface area is 468 Å². The normalized spacial score (nSPS) is 12.7. The lowest BCUT2D eigenvalue weighted by molar-refractivity contribution is -0.143. The summed E-state index contributed by atoms with van der Waals surface area (Å²) in [6, 6.07) is -0.632.